The number of nitrogens with two attached hydrogens (primary N) is 1. The molecule has 3 nitrogen and oxygen atoms in total. The van der Waals surface area contributed by atoms with Crippen LogP contribution in [0.5, 0.6) is 5.75 Å². The molecular formula is C18H30N2O. The molecule has 1 fully saturated rings. The molecule has 2 unspecified atom stereocenters. The fourth-order valence-corrected chi connectivity index (χ4v) is 3.38. The van der Waals surface area contributed by atoms with Crippen molar-refractivity contribution < 1.29 is 4.74 Å². The molecule has 1 aromatic rings. The van der Waals surface area contributed by atoms with Crippen molar-refractivity contribution in [3.63, 3.8) is 0 Å². The van der Waals surface area contributed by atoms with E-state index in [-0.39, 0.29) is 0 Å². The molecule has 0 bridgehead atoms. The molecule has 1 aliphatic heterocycles. The number of hydrogen-bond donors (Lipinski definition) is 1. The van der Waals surface area contributed by atoms with E-state index in [4.69, 9.17) is 10.5 Å². The van der Waals surface area contributed by atoms with Crippen LogP contribution in [0.4, 0.5) is 0 Å². The summed E-state index contributed by atoms with van der Waals surface area (Å²) >= 11 is 0. The lowest BCUT2D eigenvalue weighted by Gasteiger charge is -2.30. The quantitative estimate of drug-likeness (QED) is 0.870. The van der Waals surface area contributed by atoms with Crippen LogP contribution >= 0.6 is 0 Å². The van der Waals surface area contributed by atoms with Crippen LogP contribution in [0.1, 0.15) is 51.1 Å². The monoisotopic (exact) mass is 290 g/mol. The van der Waals surface area contributed by atoms with E-state index in [1.165, 1.54) is 37.8 Å². The smallest absolute Gasteiger partial charge is 0.119 e. The van der Waals surface area contributed by atoms with Gasteiger partial charge >= 0.3 is 0 Å². The third-order valence-corrected chi connectivity index (χ3v) is 4.68. The van der Waals surface area contributed by atoms with Gasteiger partial charge in [-0.25, -0.2) is 0 Å². The van der Waals surface area contributed by atoms with E-state index < -0.39 is 0 Å². The lowest BCUT2D eigenvalue weighted by atomic mass is 9.98. The van der Waals surface area contributed by atoms with Gasteiger partial charge in [0.25, 0.3) is 0 Å². The van der Waals surface area contributed by atoms with Gasteiger partial charge < -0.3 is 10.5 Å². The number of likely N-dealkylation sites (tertiary alicyclic amines) is 1. The van der Waals surface area contributed by atoms with Crippen molar-refractivity contribution in [3.8, 4) is 5.75 Å². The fraction of sp³-hybridized carbons (Fsp3) is 0.667. The molecule has 0 aromatic heterocycles. The van der Waals surface area contributed by atoms with Crippen LogP contribution in [0.15, 0.2) is 24.3 Å². The highest BCUT2D eigenvalue weighted by molar-refractivity contribution is 5.31. The molecule has 0 amide bonds. The summed E-state index contributed by atoms with van der Waals surface area (Å²) in [4.78, 5) is 2.57. The zero-order valence-corrected chi connectivity index (χ0v) is 13.6. The lowest BCUT2D eigenvalue weighted by Crippen LogP contribution is -2.34. The molecule has 21 heavy (non-hydrogen) atoms. The molecule has 2 N–H and O–H groups in total. The van der Waals surface area contributed by atoms with E-state index in [0.717, 1.165) is 18.2 Å². The third kappa shape index (κ3) is 4.45. The summed E-state index contributed by atoms with van der Waals surface area (Å²) in [5.41, 5.74) is 7.39. The number of rotatable bonds is 6. The fourth-order valence-electron chi connectivity index (χ4n) is 3.38. The van der Waals surface area contributed by atoms with Gasteiger partial charge in [0, 0.05) is 12.6 Å². The maximum atomic E-state index is 6.10. The van der Waals surface area contributed by atoms with Gasteiger partial charge in [0.2, 0.25) is 0 Å². The Bertz CT molecular complexity index is 421. The van der Waals surface area contributed by atoms with Crippen LogP contribution in [-0.4, -0.2) is 31.1 Å². The second-order valence-electron chi connectivity index (χ2n) is 6.00. The van der Waals surface area contributed by atoms with Gasteiger partial charge in [-0.05, 0) is 62.9 Å². The summed E-state index contributed by atoms with van der Waals surface area (Å²) in [6.07, 6.45) is 5.27. The van der Waals surface area contributed by atoms with Crippen molar-refractivity contribution in [2.24, 2.45) is 11.7 Å². The first-order valence-corrected chi connectivity index (χ1v) is 8.45. The predicted molar refractivity (Wildman–Crippen MR) is 88.6 cm³/mol. The van der Waals surface area contributed by atoms with Crippen molar-refractivity contribution in [3.05, 3.63) is 29.8 Å². The predicted octanol–water partition coefficient (Wildman–Crippen LogP) is 3.60. The molecule has 0 saturated carbocycles. The Morgan fingerprint density at radius 3 is 2.86 bits per heavy atom. The highest BCUT2D eigenvalue weighted by Crippen LogP contribution is 2.28. The van der Waals surface area contributed by atoms with Crippen LogP contribution < -0.4 is 10.5 Å². The molecule has 1 aliphatic rings. The Labute approximate surface area is 129 Å². The first-order chi connectivity index (χ1) is 10.3. The van der Waals surface area contributed by atoms with Crippen LogP contribution in [0, 0.1) is 5.92 Å². The number of nitrogens with zero attached hydrogens (tertiary/aromatic N) is 1. The largest absolute Gasteiger partial charge is 0.494 e. The van der Waals surface area contributed by atoms with Crippen molar-refractivity contribution in [2.45, 2.75) is 45.6 Å². The summed E-state index contributed by atoms with van der Waals surface area (Å²) < 4.78 is 5.63. The lowest BCUT2D eigenvalue weighted by molar-refractivity contribution is 0.206. The Kier molecular flexibility index (Phi) is 6.52. The van der Waals surface area contributed by atoms with Gasteiger partial charge in [-0.15, -0.1) is 0 Å². The number of hydrogen-bond acceptors (Lipinski definition) is 3. The van der Waals surface area contributed by atoms with E-state index in [1.807, 2.05) is 13.0 Å². The van der Waals surface area contributed by atoms with Crippen LogP contribution in [0.25, 0.3) is 0 Å². The zero-order chi connectivity index (χ0) is 15.1. The number of benzene rings is 1. The third-order valence-electron chi connectivity index (χ3n) is 4.68. The van der Waals surface area contributed by atoms with Gasteiger partial charge in [0.1, 0.15) is 5.75 Å². The molecule has 0 radical (unpaired) electrons. The summed E-state index contributed by atoms with van der Waals surface area (Å²) in [6, 6.07) is 8.76. The van der Waals surface area contributed by atoms with Crippen LogP contribution in [0.3, 0.4) is 0 Å². The van der Waals surface area contributed by atoms with E-state index >= 15 is 0 Å². The second-order valence-corrected chi connectivity index (χ2v) is 6.00. The minimum atomic E-state index is 0.320. The minimum Gasteiger partial charge on any atom is -0.494 e. The average molecular weight is 290 g/mol. The van der Waals surface area contributed by atoms with Gasteiger partial charge in [0.05, 0.1) is 6.61 Å². The summed E-state index contributed by atoms with van der Waals surface area (Å²) in [6.45, 7) is 8.04. The maximum absolute atomic E-state index is 6.10. The average Bonchev–Trinajstić information content (AvgIpc) is 2.75. The van der Waals surface area contributed by atoms with Crippen molar-refractivity contribution in [1.29, 1.82) is 0 Å². The molecule has 0 aliphatic carbocycles. The Morgan fingerprint density at radius 1 is 1.29 bits per heavy atom. The van der Waals surface area contributed by atoms with Crippen LogP contribution in [0.2, 0.25) is 0 Å². The van der Waals surface area contributed by atoms with E-state index in [9.17, 15) is 0 Å². The van der Waals surface area contributed by atoms with E-state index in [2.05, 4.69) is 30.0 Å². The molecule has 118 valence electrons. The standard InChI is InChI=1S/C18H30N2O/c1-3-15-7-6-11-20(12-10-15)18(14-19)16-8-5-9-17(13-16)21-4-2/h5,8-9,13,15,18H,3-4,6-7,10-12,14,19H2,1-2H3. The topological polar surface area (TPSA) is 38.5 Å². The molecule has 2 rings (SSSR count). The summed E-state index contributed by atoms with van der Waals surface area (Å²) in [7, 11) is 0. The van der Waals surface area contributed by atoms with Gasteiger partial charge in [-0.2, -0.15) is 0 Å². The molecule has 1 saturated heterocycles. The van der Waals surface area contributed by atoms with E-state index in [0.29, 0.717) is 19.2 Å². The molecule has 3 heteroatoms. The Balaban J connectivity index is 2.09. The number of ether oxygens (including phenoxy) is 1. The SMILES string of the molecule is CCOc1cccc(C(CN)N2CCCC(CC)CC2)c1. The molecule has 1 aromatic carbocycles. The Morgan fingerprint density at radius 2 is 2.14 bits per heavy atom. The van der Waals surface area contributed by atoms with E-state index in [1.54, 1.807) is 0 Å². The highest BCUT2D eigenvalue weighted by atomic mass is 16.5. The minimum absolute atomic E-state index is 0.320. The van der Waals surface area contributed by atoms with Gasteiger partial charge in [-0.3, -0.25) is 4.90 Å². The van der Waals surface area contributed by atoms with Crippen molar-refractivity contribution >= 4 is 0 Å². The summed E-state index contributed by atoms with van der Waals surface area (Å²) in [5, 5.41) is 0. The first kappa shape index (κ1) is 16.3. The molecule has 2 atom stereocenters. The van der Waals surface area contributed by atoms with Gasteiger partial charge in [-0.1, -0.05) is 25.5 Å². The maximum Gasteiger partial charge on any atom is 0.119 e. The summed E-state index contributed by atoms with van der Waals surface area (Å²) in [5.74, 6) is 1.85. The second kappa shape index (κ2) is 8.40. The van der Waals surface area contributed by atoms with Crippen LogP contribution in [-0.2, 0) is 0 Å². The molecule has 1 heterocycles. The highest BCUT2D eigenvalue weighted by Gasteiger charge is 2.23. The zero-order valence-electron chi connectivity index (χ0n) is 13.6. The van der Waals surface area contributed by atoms with Crippen molar-refractivity contribution in [1.82, 2.24) is 4.90 Å². The normalized spacial score (nSPS) is 21.8. The Hall–Kier alpha value is -1.06. The molecule has 0 spiro atoms. The first-order valence-electron chi connectivity index (χ1n) is 8.45. The van der Waals surface area contributed by atoms with Crippen molar-refractivity contribution in [2.75, 3.05) is 26.2 Å². The molecular weight excluding hydrogens is 260 g/mol. The van der Waals surface area contributed by atoms with Gasteiger partial charge in [0.15, 0.2) is 0 Å².